The summed E-state index contributed by atoms with van der Waals surface area (Å²) in [5.74, 6) is -1.83. The average Bonchev–Trinajstić information content (AvgIpc) is 3.07. The van der Waals surface area contributed by atoms with Crippen molar-refractivity contribution in [3.8, 4) is 0 Å². The lowest BCUT2D eigenvalue weighted by Crippen LogP contribution is -2.48. The Morgan fingerprint density at radius 3 is 2.39 bits per heavy atom. The van der Waals surface area contributed by atoms with Crippen LogP contribution in [-0.2, 0) is 23.4 Å². The number of hydrogen-bond donors (Lipinski definition) is 2. The van der Waals surface area contributed by atoms with E-state index >= 15 is 0 Å². The molecule has 2 saturated heterocycles. The van der Waals surface area contributed by atoms with Crippen molar-refractivity contribution >= 4 is 31.1 Å². The molecule has 10 nitrogen and oxygen atoms in total. The summed E-state index contributed by atoms with van der Waals surface area (Å²) >= 11 is 0. The van der Waals surface area contributed by atoms with E-state index in [1.165, 1.54) is 18.9 Å². The molecule has 0 aromatic heterocycles. The third kappa shape index (κ3) is 6.27. The van der Waals surface area contributed by atoms with Crippen molar-refractivity contribution in [2.45, 2.75) is 44.3 Å². The van der Waals surface area contributed by atoms with Crippen LogP contribution in [-0.4, -0.2) is 66.7 Å². The first-order valence-corrected chi connectivity index (χ1v) is 11.9. The van der Waals surface area contributed by atoms with Gasteiger partial charge in [0.05, 0.1) is 18.8 Å². The summed E-state index contributed by atoms with van der Waals surface area (Å²) in [6.07, 6.45) is -0.581. The highest BCUT2D eigenvalue weighted by Gasteiger charge is 2.42. The summed E-state index contributed by atoms with van der Waals surface area (Å²) in [6.45, 7) is 1.55. The van der Waals surface area contributed by atoms with Crippen molar-refractivity contribution in [2.75, 3.05) is 43.2 Å². The van der Waals surface area contributed by atoms with Gasteiger partial charge in [-0.3, -0.25) is 9.42 Å². The molecule has 2 aliphatic rings. The topological polar surface area (TPSA) is 126 Å². The number of anilines is 2. The molecule has 1 aromatic carbocycles. The lowest BCUT2D eigenvalue weighted by molar-refractivity contribution is -0.117. The Kier molecular flexibility index (Phi) is 7.75. The van der Waals surface area contributed by atoms with Gasteiger partial charge in [0, 0.05) is 38.8 Å². The molecule has 1 aromatic rings. The number of phosphoric acid groups is 1. The number of hydrogen-bond acceptors (Lipinski definition) is 7. The first-order chi connectivity index (χ1) is 15.4. The number of halogens is 2. The van der Waals surface area contributed by atoms with Crippen molar-refractivity contribution in [3.63, 3.8) is 0 Å². The largest absolute Gasteiger partial charge is 0.470 e. The molecule has 2 heterocycles. The van der Waals surface area contributed by atoms with Crippen molar-refractivity contribution in [1.82, 2.24) is 0 Å². The summed E-state index contributed by atoms with van der Waals surface area (Å²) in [5, 5.41) is 0. The molecule has 0 spiro atoms. The van der Waals surface area contributed by atoms with Gasteiger partial charge in [0.2, 0.25) is 0 Å². The van der Waals surface area contributed by atoms with E-state index in [-0.39, 0.29) is 62.7 Å². The summed E-state index contributed by atoms with van der Waals surface area (Å²) in [6, 6.07) is 2.08. The number of benzene rings is 1. The number of cyclic esters (lactones) is 1. The second-order valence-corrected chi connectivity index (χ2v) is 9.46. The number of carbonyl (C=O) groups is 2. The lowest BCUT2D eigenvalue weighted by atomic mass is 9.92. The Labute approximate surface area is 189 Å². The minimum atomic E-state index is -4.80. The molecule has 0 unspecified atom stereocenters. The Morgan fingerprint density at radius 1 is 1.27 bits per heavy atom. The fourth-order valence-corrected chi connectivity index (χ4v) is 4.91. The predicted molar refractivity (Wildman–Crippen MR) is 113 cm³/mol. The number of ketones is 1. The van der Waals surface area contributed by atoms with Crippen LogP contribution in [0.4, 0.5) is 25.0 Å². The van der Waals surface area contributed by atoms with Gasteiger partial charge in [-0.2, -0.15) is 0 Å². The second-order valence-electron chi connectivity index (χ2n) is 8.30. The molecule has 3 rings (SSSR count). The van der Waals surface area contributed by atoms with Crippen molar-refractivity contribution in [1.29, 1.82) is 0 Å². The van der Waals surface area contributed by atoms with Crippen molar-refractivity contribution < 1.29 is 46.7 Å². The van der Waals surface area contributed by atoms with E-state index in [1.807, 2.05) is 0 Å². The number of rotatable bonds is 9. The number of carbonyl (C=O) groups excluding carboxylic acids is 2. The fraction of sp³-hybridized carbons (Fsp3) is 0.600. The minimum absolute atomic E-state index is 0.000327. The Balaban J connectivity index is 1.73. The molecule has 0 bridgehead atoms. The zero-order valence-electron chi connectivity index (χ0n) is 18.3. The van der Waals surface area contributed by atoms with Crippen molar-refractivity contribution in [3.05, 3.63) is 23.8 Å². The first kappa shape index (κ1) is 25.5. The van der Waals surface area contributed by atoms with E-state index in [2.05, 4.69) is 0 Å². The van der Waals surface area contributed by atoms with Gasteiger partial charge in [-0.05, 0) is 26.2 Å². The monoisotopic (exact) mass is 492 g/mol. The van der Waals surface area contributed by atoms with Crippen LogP contribution >= 0.6 is 7.82 Å². The number of amides is 1. The predicted octanol–water partition coefficient (Wildman–Crippen LogP) is 2.75. The van der Waals surface area contributed by atoms with Crippen LogP contribution in [0.25, 0.3) is 0 Å². The summed E-state index contributed by atoms with van der Waals surface area (Å²) in [7, 11) is -3.43. The molecular weight excluding hydrogens is 465 g/mol. The van der Waals surface area contributed by atoms with Gasteiger partial charge in [-0.15, -0.1) is 0 Å². The number of piperidine rings is 1. The fourth-order valence-electron chi connectivity index (χ4n) is 4.17. The van der Waals surface area contributed by atoms with Crippen LogP contribution in [0.5, 0.6) is 0 Å². The van der Waals surface area contributed by atoms with E-state index in [1.54, 1.807) is 0 Å². The second kappa shape index (κ2) is 10.0. The van der Waals surface area contributed by atoms with E-state index in [4.69, 9.17) is 14.0 Å². The van der Waals surface area contributed by atoms with Gasteiger partial charge in [0.1, 0.15) is 23.2 Å². The Hall–Kier alpha value is -2.11. The maximum atomic E-state index is 15.0. The number of phosphoric ester groups is 1. The third-order valence-corrected chi connectivity index (χ3v) is 6.34. The average molecular weight is 492 g/mol. The quantitative estimate of drug-likeness (QED) is 0.501. The SMILES string of the molecule is COCC1(OP(=O)(O)O)CCN(c2c(F)cc(N3C[C@H](CCC(C)=O)OC3=O)cc2F)CC1. The van der Waals surface area contributed by atoms with Gasteiger partial charge in [0.25, 0.3) is 0 Å². The molecule has 0 aliphatic carbocycles. The number of ether oxygens (including phenoxy) is 2. The summed E-state index contributed by atoms with van der Waals surface area (Å²) in [4.78, 5) is 44.3. The maximum Gasteiger partial charge on any atom is 0.470 e. The van der Waals surface area contributed by atoms with E-state index < -0.39 is 37.3 Å². The maximum absolute atomic E-state index is 15.0. The summed E-state index contributed by atoms with van der Waals surface area (Å²) < 4.78 is 56.4. The molecule has 0 radical (unpaired) electrons. The molecule has 2 aliphatic heterocycles. The number of Topliss-reactive ketones (excluding diaryl/α,β-unsaturated/α-hetero) is 1. The van der Waals surface area contributed by atoms with Crippen LogP contribution in [0.1, 0.15) is 32.6 Å². The molecule has 33 heavy (non-hydrogen) atoms. The molecule has 0 saturated carbocycles. The van der Waals surface area contributed by atoms with Gasteiger partial charge >= 0.3 is 13.9 Å². The smallest absolute Gasteiger partial charge is 0.444 e. The summed E-state index contributed by atoms with van der Waals surface area (Å²) in [5.41, 5.74) is -1.58. The normalized spacial score (nSPS) is 20.8. The Bertz CT molecular complexity index is 925. The van der Waals surface area contributed by atoms with E-state index in [0.717, 1.165) is 17.0 Å². The van der Waals surface area contributed by atoms with Gasteiger partial charge in [-0.25, -0.2) is 18.1 Å². The molecule has 1 amide bonds. The van der Waals surface area contributed by atoms with E-state index in [9.17, 15) is 32.7 Å². The standard InChI is InChI=1S/C20H27F2N2O8P/c1-13(25)3-4-15-11-24(19(26)31-15)14-9-16(21)18(17(22)10-14)23-7-5-20(6-8-23,12-30-2)32-33(27,28)29/h9-10,15H,3-8,11-12H2,1-2H3,(H2,27,28,29)/t15-/m0/s1. The highest BCUT2D eigenvalue weighted by Crippen LogP contribution is 2.46. The van der Waals surface area contributed by atoms with Gasteiger partial charge in [0.15, 0.2) is 11.6 Å². The molecule has 13 heteroatoms. The highest BCUT2D eigenvalue weighted by atomic mass is 31.2. The van der Waals surface area contributed by atoms with Crippen LogP contribution in [0, 0.1) is 11.6 Å². The van der Waals surface area contributed by atoms with Gasteiger partial charge < -0.3 is 29.0 Å². The minimum Gasteiger partial charge on any atom is -0.444 e. The van der Waals surface area contributed by atoms with Gasteiger partial charge in [-0.1, -0.05) is 0 Å². The third-order valence-electron chi connectivity index (χ3n) is 5.72. The van der Waals surface area contributed by atoms with Crippen LogP contribution < -0.4 is 9.80 Å². The van der Waals surface area contributed by atoms with Crippen LogP contribution in [0.3, 0.4) is 0 Å². The molecule has 1 atom stereocenters. The molecule has 184 valence electrons. The molecule has 2 fully saturated rings. The zero-order chi connectivity index (χ0) is 24.4. The highest BCUT2D eigenvalue weighted by molar-refractivity contribution is 7.46. The molecular formula is C20H27F2N2O8P. The number of methoxy groups -OCH3 is 1. The number of nitrogens with zero attached hydrogens (tertiary/aromatic N) is 2. The first-order valence-electron chi connectivity index (χ1n) is 10.4. The molecule has 2 N–H and O–H groups in total. The van der Waals surface area contributed by atoms with E-state index in [0.29, 0.717) is 6.42 Å². The lowest BCUT2D eigenvalue weighted by Gasteiger charge is -2.41. The Morgan fingerprint density at radius 2 is 1.88 bits per heavy atom. The van der Waals surface area contributed by atoms with Crippen LogP contribution in [0.2, 0.25) is 0 Å². The zero-order valence-corrected chi connectivity index (χ0v) is 19.2. The van der Waals surface area contributed by atoms with Crippen LogP contribution in [0.15, 0.2) is 12.1 Å². The van der Waals surface area contributed by atoms with Crippen molar-refractivity contribution in [2.24, 2.45) is 0 Å².